The van der Waals surface area contributed by atoms with Crippen LogP contribution in [0.2, 0.25) is 0 Å². The number of likely N-dealkylation sites (tertiary alicyclic amines) is 1. The highest BCUT2D eigenvalue weighted by Gasteiger charge is 2.33. The number of hydrogen-bond acceptors (Lipinski definition) is 4. The number of hydrogen-bond donors (Lipinski definition) is 2. The van der Waals surface area contributed by atoms with Gasteiger partial charge in [-0.15, -0.1) is 0 Å². The first kappa shape index (κ1) is 17.4. The van der Waals surface area contributed by atoms with Crippen LogP contribution in [0.25, 0.3) is 0 Å². The van der Waals surface area contributed by atoms with Crippen molar-refractivity contribution in [2.75, 3.05) is 40.3 Å². The molecule has 1 heterocycles. The molecule has 1 fully saturated rings. The van der Waals surface area contributed by atoms with Crippen LogP contribution >= 0.6 is 0 Å². The first-order chi connectivity index (χ1) is 9.90. The highest BCUT2D eigenvalue weighted by molar-refractivity contribution is 5.89. The molecule has 0 aromatic heterocycles. The average Bonchev–Trinajstić information content (AvgIpc) is 2.75. The zero-order valence-corrected chi connectivity index (χ0v) is 12.8. The fraction of sp³-hybridized carbons (Fsp3) is 0.786. The Hall–Kier alpha value is -1.63. The number of carbonyl (C=O) groups is 3. The Bertz CT molecular complexity index is 384. The van der Waals surface area contributed by atoms with Gasteiger partial charge in [0.15, 0.2) is 0 Å². The summed E-state index contributed by atoms with van der Waals surface area (Å²) in [5.41, 5.74) is 0. The minimum absolute atomic E-state index is 0.0273. The lowest BCUT2D eigenvalue weighted by Gasteiger charge is -2.18. The van der Waals surface area contributed by atoms with Crippen molar-refractivity contribution in [3.8, 4) is 0 Å². The first-order valence-electron chi connectivity index (χ1n) is 7.32. The number of aliphatic carboxylic acids is 1. The summed E-state index contributed by atoms with van der Waals surface area (Å²) in [7, 11) is 3.97. The average molecular weight is 299 g/mol. The fourth-order valence-electron chi connectivity index (χ4n) is 2.34. The topological polar surface area (TPSA) is 89.9 Å². The predicted octanol–water partition coefficient (Wildman–Crippen LogP) is -0.232. The van der Waals surface area contributed by atoms with Crippen LogP contribution in [0.3, 0.4) is 0 Å². The summed E-state index contributed by atoms with van der Waals surface area (Å²) >= 11 is 0. The molecular weight excluding hydrogens is 274 g/mol. The van der Waals surface area contributed by atoms with Crippen molar-refractivity contribution in [3.05, 3.63) is 0 Å². The van der Waals surface area contributed by atoms with Gasteiger partial charge in [0.05, 0.1) is 5.92 Å². The van der Waals surface area contributed by atoms with E-state index in [9.17, 15) is 14.4 Å². The summed E-state index contributed by atoms with van der Waals surface area (Å²) in [6, 6.07) is 0. The summed E-state index contributed by atoms with van der Waals surface area (Å²) in [4.78, 5) is 37.9. The van der Waals surface area contributed by atoms with E-state index in [1.165, 1.54) is 0 Å². The quantitative estimate of drug-likeness (QED) is 0.574. The molecule has 0 aromatic carbocycles. The second kappa shape index (κ2) is 8.61. The second-order valence-electron chi connectivity index (χ2n) is 5.69. The van der Waals surface area contributed by atoms with Crippen LogP contribution in [0.1, 0.15) is 25.7 Å². The predicted molar refractivity (Wildman–Crippen MR) is 77.7 cm³/mol. The van der Waals surface area contributed by atoms with Crippen LogP contribution in [-0.2, 0) is 14.4 Å². The normalized spacial score (nSPS) is 18.3. The van der Waals surface area contributed by atoms with Gasteiger partial charge in [0.2, 0.25) is 11.8 Å². The van der Waals surface area contributed by atoms with Crippen molar-refractivity contribution in [2.24, 2.45) is 5.92 Å². The number of carbonyl (C=O) groups excluding carboxylic acids is 2. The summed E-state index contributed by atoms with van der Waals surface area (Å²) < 4.78 is 0. The zero-order valence-electron chi connectivity index (χ0n) is 12.8. The Morgan fingerprint density at radius 3 is 2.71 bits per heavy atom. The highest BCUT2D eigenvalue weighted by atomic mass is 16.4. The fourth-order valence-corrected chi connectivity index (χ4v) is 2.34. The number of amides is 2. The molecule has 7 heteroatoms. The van der Waals surface area contributed by atoms with Crippen LogP contribution in [0.4, 0.5) is 0 Å². The molecule has 0 bridgehead atoms. The molecule has 1 aliphatic heterocycles. The Morgan fingerprint density at radius 2 is 2.10 bits per heavy atom. The molecule has 1 saturated heterocycles. The van der Waals surface area contributed by atoms with Crippen molar-refractivity contribution in [3.63, 3.8) is 0 Å². The minimum Gasteiger partial charge on any atom is -0.481 e. The Balaban J connectivity index is 2.26. The van der Waals surface area contributed by atoms with Crippen LogP contribution in [0, 0.1) is 5.92 Å². The maximum atomic E-state index is 11.9. The van der Waals surface area contributed by atoms with E-state index < -0.39 is 5.97 Å². The molecule has 7 nitrogen and oxygen atoms in total. The molecule has 0 radical (unpaired) electrons. The van der Waals surface area contributed by atoms with E-state index >= 15 is 0 Å². The highest BCUT2D eigenvalue weighted by Crippen LogP contribution is 2.18. The summed E-state index contributed by atoms with van der Waals surface area (Å²) in [6.45, 7) is 2.41. The molecule has 1 unspecified atom stereocenters. The first-order valence-corrected chi connectivity index (χ1v) is 7.32. The van der Waals surface area contributed by atoms with Crippen LogP contribution in [0.5, 0.6) is 0 Å². The molecule has 2 N–H and O–H groups in total. The molecule has 21 heavy (non-hydrogen) atoms. The van der Waals surface area contributed by atoms with E-state index in [1.807, 2.05) is 14.1 Å². The molecule has 120 valence electrons. The van der Waals surface area contributed by atoms with Crippen molar-refractivity contribution < 1.29 is 19.5 Å². The summed E-state index contributed by atoms with van der Waals surface area (Å²) in [5.74, 6) is -1.29. The van der Waals surface area contributed by atoms with Gasteiger partial charge in [-0.25, -0.2) is 0 Å². The van der Waals surface area contributed by atoms with Gasteiger partial charge in [-0.1, -0.05) is 0 Å². The van der Waals surface area contributed by atoms with Crippen molar-refractivity contribution in [2.45, 2.75) is 25.7 Å². The van der Waals surface area contributed by atoms with Gasteiger partial charge in [0, 0.05) is 32.5 Å². The second-order valence-corrected chi connectivity index (χ2v) is 5.69. The minimum atomic E-state index is -0.868. The number of rotatable bonds is 9. The van der Waals surface area contributed by atoms with Gasteiger partial charge in [-0.05, 0) is 33.5 Å². The molecule has 0 spiro atoms. The lowest BCUT2D eigenvalue weighted by atomic mass is 10.1. The third-order valence-corrected chi connectivity index (χ3v) is 3.49. The smallest absolute Gasteiger partial charge is 0.303 e. The lowest BCUT2D eigenvalue weighted by Crippen LogP contribution is -2.34. The van der Waals surface area contributed by atoms with Crippen molar-refractivity contribution >= 4 is 17.8 Å². The van der Waals surface area contributed by atoms with Crippen LogP contribution in [0.15, 0.2) is 0 Å². The number of nitrogens with zero attached hydrogens (tertiary/aromatic N) is 2. The molecule has 0 saturated carbocycles. The molecule has 1 atom stereocenters. The number of nitrogens with one attached hydrogen (secondary N) is 1. The van der Waals surface area contributed by atoms with Crippen LogP contribution in [-0.4, -0.2) is 73.0 Å². The summed E-state index contributed by atoms with van der Waals surface area (Å²) in [6.07, 6.45) is 1.60. The van der Waals surface area contributed by atoms with Crippen LogP contribution < -0.4 is 5.32 Å². The van der Waals surface area contributed by atoms with Gasteiger partial charge < -0.3 is 20.2 Å². The molecule has 0 aliphatic carbocycles. The Labute approximate surface area is 125 Å². The monoisotopic (exact) mass is 299 g/mol. The van der Waals surface area contributed by atoms with E-state index in [0.717, 1.165) is 13.0 Å². The van der Waals surface area contributed by atoms with Gasteiger partial charge in [-0.2, -0.15) is 0 Å². The van der Waals surface area contributed by atoms with E-state index in [1.54, 1.807) is 4.90 Å². The molecular formula is C14H25N3O4. The standard InChI is InChI=1S/C14H25N3O4/c1-16(2)7-4-8-17-10-11(9-12(17)18)14(21)15-6-3-5-13(19)20/h11H,3-10H2,1-2H3,(H,15,21)(H,19,20). The lowest BCUT2D eigenvalue weighted by molar-refractivity contribution is -0.137. The van der Waals surface area contributed by atoms with Gasteiger partial charge in [0.25, 0.3) is 0 Å². The maximum absolute atomic E-state index is 11.9. The van der Waals surface area contributed by atoms with E-state index in [-0.39, 0.29) is 30.6 Å². The van der Waals surface area contributed by atoms with Gasteiger partial charge in [-0.3, -0.25) is 14.4 Å². The van der Waals surface area contributed by atoms with E-state index in [4.69, 9.17) is 5.11 Å². The van der Waals surface area contributed by atoms with Gasteiger partial charge in [0.1, 0.15) is 0 Å². The van der Waals surface area contributed by atoms with Crippen molar-refractivity contribution in [1.82, 2.24) is 15.1 Å². The summed E-state index contributed by atoms with van der Waals surface area (Å²) in [5, 5.41) is 11.2. The SMILES string of the molecule is CN(C)CCCN1CC(C(=O)NCCCC(=O)O)CC1=O. The third-order valence-electron chi connectivity index (χ3n) is 3.49. The maximum Gasteiger partial charge on any atom is 0.303 e. The van der Waals surface area contributed by atoms with E-state index in [0.29, 0.717) is 26.1 Å². The Kier molecular flexibility index (Phi) is 7.14. The van der Waals surface area contributed by atoms with E-state index in [2.05, 4.69) is 10.2 Å². The largest absolute Gasteiger partial charge is 0.481 e. The van der Waals surface area contributed by atoms with Crippen molar-refractivity contribution in [1.29, 1.82) is 0 Å². The number of carboxylic acid groups (broad SMARTS) is 1. The number of carboxylic acids is 1. The molecule has 0 aromatic rings. The molecule has 1 rings (SSSR count). The molecule has 1 aliphatic rings. The zero-order chi connectivity index (χ0) is 15.8. The Morgan fingerprint density at radius 1 is 1.38 bits per heavy atom. The van der Waals surface area contributed by atoms with Gasteiger partial charge >= 0.3 is 5.97 Å². The third kappa shape index (κ3) is 6.57. The molecule has 2 amide bonds.